The molecule has 1 fully saturated rings. The lowest BCUT2D eigenvalue weighted by Crippen LogP contribution is -2.53. The number of likely N-dealkylation sites (tertiary alicyclic amines) is 1. The second-order valence-electron chi connectivity index (χ2n) is 6.62. The quantitative estimate of drug-likeness (QED) is 0.628. The molecule has 0 saturated carbocycles. The van der Waals surface area contributed by atoms with Gasteiger partial charge in [-0.1, -0.05) is 42.5 Å². The third-order valence-electron chi connectivity index (χ3n) is 5.00. The zero-order chi connectivity index (χ0) is 17.4. The molecule has 2 atom stereocenters. The number of carbonyl (C=O) groups excluding carboxylic acids is 2. The summed E-state index contributed by atoms with van der Waals surface area (Å²) in [6.07, 6.45) is 0.701. The van der Waals surface area contributed by atoms with Crippen LogP contribution in [0, 0.1) is 0 Å². The Morgan fingerprint density at radius 3 is 2.12 bits per heavy atom. The highest BCUT2D eigenvalue weighted by atomic mass is 35.5. The van der Waals surface area contributed by atoms with Gasteiger partial charge in [-0.05, 0) is 24.1 Å². The zero-order valence-electron chi connectivity index (χ0n) is 13.8. The number of alkyl halides is 1. The van der Waals surface area contributed by atoms with Crippen molar-refractivity contribution in [2.75, 3.05) is 13.1 Å². The number of halogens is 1. The number of imide groups is 1. The highest BCUT2D eigenvalue weighted by molar-refractivity contribution is 6.24. The van der Waals surface area contributed by atoms with Crippen LogP contribution in [0.25, 0.3) is 0 Å². The first-order chi connectivity index (χ1) is 12.1. The summed E-state index contributed by atoms with van der Waals surface area (Å²) < 4.78 is 0. The Morgan fingerprint density at radius 1 is 0.920 bits per heavy atom. The molecule has 128 valence electrons. The lowest BCUT2D eigenvalue weighted by Gasteiger charge is -2.39. The lowest BCUT2D eigenvalue weighted by atomic mass is 10.0. The summed E-state index contributed by atoms with van der Waals surface area (Å²) in [4.78, 5) is 29.0. The van der Waals surface area contributed by atoms with Crippen LogP contribution in [-0.2, 0) is 6.54 Å². The largest absolute Gasteiger partial charge is 0.297 e. The molecule has 0 radical (unpaired) electrons. The van der Waals surface area contributed by atoms with E-state index in [1.807, 2.05) is 18.2 Å². The monoisotopic (exact) mass is 354 g/mol. The fraction of sp³-hybridized carbons (Fsp3) is 0.300. The Hall–Kier alpha value is -2.17. The number of rotatable bonds is 3. The van der Waals surface area contributed by atoms with Crippen molar-refractivity contribution in [2.45, 2.75) is 24.4 Å². The van der Waals surface area contributed by atoms with Crippen molar-refractivity contribution in [1.29, 1.82) is 0 Å². The molecule has 2 aromatic rings. The normalized spacial score (nSPS) is 23.8. The third kappa shape index (κ3) is 2.96. The number of piperidine rings is 1. The van der Waals surface area contributed by atoms with Crippen molar-refractivity contribution in [2.24, 2.45) is 0 Å². The molecule has 5 heteroatoms. The van der Waals surface area contributed by atoms with Crippen molar-refractivity contribution in [3.63, 3.8) is 0 Å². The van der Waals surface area contributed by atoms with Crippen LogP contribution < -0.4 is 0 Å². The maximum atomic E-state index is 12.7. The van der Waals surface area contributed by atoms with Gasteiger partial charge in [0.15, 0.2) is 0 Å². The number of hydrogen-bond acceptors (Lipinski definition) is 3. The van der Waals surface area contributed by atoms with Crippen LogP contribution in [0.5, 0.6) is 0 Å². The van der Waals surface area contributed by atoms with Gasteiger partial charge in [0.05, 0.1) is 22.5 Å². The van der Waals surface area contributed by atoms with Gasteiger partial charge in [0.1, 0.15) is 0 Å². The second kappa shape index (κ2) is 6.62. The molecule has 2 aromatic carbocycles. The predicted octanol–water partition coefficient (Wildman–Crippen LogP) is 3.16. The van der Waals surface area contributed by atoms with Crippen LogP contribution in [0.4, 0.5) is 0 Å². The summed E-state index contributed by atoms with van der Waals surface area (Å²) in [6.45, 7) is 2.31. The first-order valence-corrected chi connectivity index (χ1v) is 8.96. The van der Waals surface area contributed by atoms with Gasteiger partial charge < -0.3 is 0 Å². The zero-order valence-corrected chi connectivity index (χ0v) is 14.5. The molecule has 0 aromatic heterocycles. The first-order valence-electron chi connectivity index (χ1n) is 8.52. The van der Waals surface area contributed by atoms with E-state index >= 15 is 0 Å². The van der Waals surface area contributed by atoms with Gasteiger partial charge in [-0.15, -0.1) is 11.6 Å². The summed E-state index contributed by atoms with van der Waals surface area (Å²) in [5.74, 6) is -0.430. The maximum Gasteiger partial charge on any atom is 0.261 e. The molecule has 2 aliphatic heterocycles. The van der Waals surface area contributed by atoms with Crippen LogP contribution in [0.15, 0.2) is 54.6 Å². The van der Waals surface area contributed by atoms with Crippen LogP contribution in [0.1, 0.15) is 32.7 Å². The molecule has 4 rings (SSSR count). The highest BCUT2D eigenvalue weighted by Crippen LogP contribution is 2.30. The van der Waals surface area contributed by atoms with E-state index < -0.39 is 0 Å². The molecule has 1 saturated heterocycles. The van der Waals surface area contributed by atoms with E-state index in [0.29, 0.717) is 24.1 Å². The average molecular weight is 355 g/mol. The van der Waals surface area contributed by atoms with Crippen molar-refractivity contribution >= 4 is 23.4 Å². The van der Waals surface area contributed by atoms with E-state index in [-0.39, 0.29) is 23.2 Å². The smallest absolute Gasteiger partial charge is 0.261 e. The summed E-state index contributed by atoms with van der Waals surface area (Å²) in [7, 11) is 0. The van der Waals surface area contributed by atoms with Crippen molar-refractivity contribution < 1.29 is 9.59 Å². The van der Waals surface area contributed by atoms with E-state index in [0.717, 1.165) is 13.1 Å². The molecule has 2 heterocycles. The van der Waals surface area contributed by atoms with Gasteiger partial charge >= 0.3 is 0 Å². The molecule has 2 unspecified atom stereocenters. The minimum Gasteiger partial charge on any atom is -0.297 e. The van der Waals surface area contributed by atoms with Crippen LogP contribution in [0.3, 0.4) is 0 Å². The Kier molecular flexibility index (Phi) is 4.32. The van der Waals surface area contributed by atoms with E-state index in [9.17, 15) is 9.59 Å². The maximum absolute atomic E-state index is 12.7. The summed E-state index contributed by atoms with van der Waals surface area (Å²) in [6, 6.07) is 17.0. The summed E-state index contributed by atoms with van der Waals surface area (Å²) in [5.41, 5.74) is 2.22. The van der Waals surface area contributed by atoms with Gasteiger partial charge in [0.2, 0.25) is 0 Å². The molecule has 0 N–H and O–H groups in total. The average Bonchev–Trinajstić information content (AvgIpc) is 2.88. The predicted molar refractivity (Wildman–Crippen MR) is 96.7 cm³/mol. The van der Waals surface area contributed by atoms with Crippen LogP contribution in [-0.4, -0.2) is 46.1 Å². The van der Waals surface area contributed by atoms with Gasteiger partial charge in [-0.3, -0.25) is 19.4 Å². The molecule has 0 aliphatic carbocycles. The Morgan fingerprint density at radius 2 is 1.52 bits per heavy atom. The highest BCUT2D eigenvalue weighted by Gasteiger charge is 2.43. The van der Waals surface area contributed by atoms with E-state index in [4.69, 9.17) is 11.6 Å². The van der Waals surface area contributed by atoms with Crippen LogP contribution in [0.2, 0.25) is 0 Å². The molecule has 0 bridgehead atoms. The third-order valence-corrected chi connectivity index (χ3v) is 5.43. The second-order valence-corrected chi connectivity index (χ2v) is 7.18. The number of amides is 2. The first kappa shape index (κ1) is 16.3. The number of carbonyl (C=O) groups is 2. The van der Waals surface area contributed by atoms with Crippen molar-refractivity contribution in [3.05, 3.63) is 71.3 Å². The molecule has 25 heavy (non-hydrogen) atoms. The van der Waals surface area contributed by atoms with E-state index in [2.05, 4.69) is 17.0 Å². The van der Waals surface area contributed by atoms with Gasteiger partial charge in [-0.25, -0.2) is 0 Å². The van der Waals surface area contributed by atoms with Gasteiger partial charge in [-0.2, -0.15) is 0 Å². The topological polar surface area (TPSA) is 40.6 Å². The number of hydrogen-bond donors (Lipinski definition) is 0. The lowest BCUT2D eigenvalue weighted by molar-refractivity contribution is 0.0505. The molecule has 2 amide bonds. The van der Waals surface area contributed by atoms with Gasteiger partial charge in [0, 0.05) is 19.6 Å². The standard InChI is InChI=1S/C20H19ClN2O2/c21-17-13-22(12-14-6-2-1-3-7-14)11-10-18(17)23-19(24)15-8-4-5-9-16(15)20(23)25/h1-9,17-18H,10-13H2. The number of nitrogens with zero attached hydrogens (tertiary/aromatic N) is 2. The number of fused-ring (bicyclic) bond motifs is 1. The minimum atomic E-state index is -0.264. The van der Waals surface area contributed by atoms with E-state index in [1.165, 1.54) is 10.5 Å². The van der Waals surface area contributed by atoms with Crippen LogP contribution >= 0.6 is 11.6 Å². The molecule has 2 aliphatic rings. The Bertz CT molecular complexity index is 773. The molecule has 4 nitrogen and oxygen atoms in total. The van der Waals surface area contributed by atoms with Crippen molar-refractivity contribution in [3.8, 4) is 0 Å². The Balaban J connectivity index is 1.47. The minimum absolute atomic E-state index is 0.215. The Labute approximate surface area is 152 Å². The number of benzene rings is 2. The molecular weight excluding hydrogens is 336 g/mol. The summed E-state index contributed by atoms with van der Waals surface area (Å²) >= 11 is 6.61. The van der Waals surface area contributed by atoms with Gasteiger partial charge in [0.25, 0.3) is 11.8 Å². The summed E-state index contributed by atoms with van der Waals surface area (Å²) in [5, 5.41) is -0.264. The van der Waals surface area contributed by atoms with Crippen molar-refractivity contribution in [1.82, 2.24) is 9.80 Å². The molecular formula is C20H19ClN2O2. The fourth-order valence-electron chi connectivity index (χ4n) is 3.74. The SMILES string of the molecule is O=C1c2ccccc2C(=O)N1C1CCN(Cc2ccccc2)CC1Cl. The fourth-order valence-corrected chi connectivity index (χ4v) is 4.17. The van der Waals surface area contributed by atoms with E-state index in [1.54, 1.807) is 24.3 Å². The molecule has 0 spiro atoms.